The van der Waals surface area contributed by atoms with Crippen LogP contribution in [0.2, 0.25) is 0 Å². The van der Waals surface area contributed by atoms with Gasteiger partial charge in [0.25, 0.3) is 0 Å². The van der Waals surface area contributed by atoms with E-state index in [9.17, 15) is 19.2 Å². The number of carbonyl (C=O) groups is 4. The number of carbonyl (C=O) groups excluding carboxylic acids is 4. The summed E-state index contributed by atoms with van der Waals surface area (Å²) in [6.45, 7) is 2.61. The SMILES string of the molecule is CN[C@H](C)C(=O)N[C@@H]1CN(C(=O)CC2CCCCC2)CC[C@@]2(C(=O)NC(c3ccccc3)c3ccccc3)CCCN2C1=O. The van der Waals surface area contributed by atoms with Gasteiger partial charge in [-0.25, -0.2) is 0 Å². The first-order chi connectivity index (χ1) is 21.3. The van der Waals surface area contributed by atoms with Crippen molar-refractivity contribution in [3.63, 3.8) is 0 Å². The molecule has 2 heterocycles. The van der Waals surface area contributed by atoms with E-state index in [4.69, 9.17) is 0 Å². The molecule has 0 bridgehead atoms. The summed E-state index contributed by atoms with van der Waals surface area (Å²) in [5.74, 6) is -0.503. The zero-order chi connectivity index (χ0) is 31.1. The summed E-state index contributed by atoms with van der Waals surface area (Å²) < 4.78 is 0. The molecule has 4 amide bonds. The zero-order valence-electron chi connectivity index (χ0n) is 26.1. The lowest BCUT2D eigenvalue weighted by Crippen LogP contribution is -2.66. The van der Waals surface area contributed by atoms with E-state index >= 15 is 0 Å². The first-order valence-corrected chi connectivity index (χ1v) is 16.3. The lowest BCUT2D eigenvalue weighted by Gasteiger charge is -2.44. The van der Waals surface area contributed by atoms with Gasteiger partial charge in [-0.1, -0.05) is 79.9 Å². The van der Waals surface area contributed by atoms with Crippen molar-refractivity contribution in [2.75, 3.05) is 26.7 Å². The molecule has 0 unspecified atom stereocenters. The molecule has 3 fully saturated rings. The highest BCUT2D eigenvalue weighted by Gasteiger charge is 2.53. The highest BCUT2D eigenvalue weighted by atomic mass is 16.2. The number of fused-ring (bicyclic) bond motifs is 1. The van der Waals surface area contributed by atoms with Gasteiger partial charge in [0.15, 0.2) is 0 Å². The maximum Gasteiger partial charge on any atom is 0.247 e. The van der Waals surface area contributed by atoms with Crippen molar-refractivity contribution in [3.8, 4) is 0 Å². The average molecular weight is 602 g/mol. The van der Waals surface area contributed by atoms with E-state index in [1.807, 2.05) is 60.7 Å². The standard InChI is InChI=1S/C35H47N5O4/c1-25(36-2)32(42)37-29-24-39(30(41)23-26-13-6-3-7-14-26)22-20-35(19-12-21-40(35)33(29)43)34(44)38-31(27-15-8-4-9-16-27)28-17-10-5-11-18-28/h4-5,8-11,15-18,25-26,29,31,36H,3,6-7,12-14,19-24H2,1-2H3,(H,37,42)(H,38,44)/t25-,29-,35-/m1/s1. The minimum atomic E-state index is -1.12. The van der Waals surface area contributed by atoms with Gasteiger partial charge in [-0.05, 0) is 63.1 Å². The molecule has 1 saturated carbocycles. The van der Waals surface area contributed by atoms with E-state index in [1.165, 1.54) is 6.42 Å². The van der Waals surface area contributed by atoms with Crippen molar-refractivity contribution in [1.29, 1.82) is 0 Å². The van der Waals surface area contributed by atoms with Crippen LogP contribution in [0.4, 0.5) is 0 Å². The molecule has 3 N–H and O–H groups in total. The van der Waals surface area contributed by atoms with Crippen LogP contribution in [0.15, 0.2) is 60.7 Å². The number of rotatable bonds is 9. The van der Waals surface area contributed by atoms with Crippen LogP contribution in [0.5, 0.6) is 0 Å². The third kappa shape index (κ3) is 6.98. The zero-order valence-corrected chi connectivity index (χ0v) is 26.1. The molecule has 3 atom stereocenters. The second-order valence-electron chi connectivity index (χ2n) is 12.7. The molecule has 2 saturated heterocycles. The Morgan fingerprint density at radius 1 is 0.886 bits per heavy atom. The Balaban J connectivity index is 1.45. The lowest BCUT2D eigenvalue weighted by molar-refractivity contribution is -0.152. The van der Waals surface area contributed by atoms with Crippen LogP contribution in [0, 0.1) is 5.92 Å². The highest BCUT2D eigenvalue weighted by Crippen LogP contribution is 2.37. The molecule has 9 nitrogen and oxygen atoms in total. The smallest absolute Gasteiger partial charge is 0.247 e. The summed E-state index contributed by atoms with van der Waals surface area (Å²) in [5, 5.41) is 9.16. The minimum absolute atomic E-state index is 0.000864. The lowest BCUT2D eigenvalue weighted by atomic mass is 9.85. The van der Waals surface area contributed by atoms with Crippen LogP contribution in [-0.2, 0) is 19.2 Å². The molecule has 1 aliphatic carbocycles. The van der Waals surface area contributed by atoms with Gasteiger partial charge in [0.05, 0.1) is 12.1 Å². The fourth-order valence-corrected chi connectivity index (χ4v) is 7.15. The molecule has 9 heteroatoms. The van der Waals surface area contributed by atoms with Crippen molar-refractivity contribution in [3.05, 3.63) is 71.8 Å². The van der Waals surface area contributed by atoms with Crippen LogP contribution in [0.1, 0.15) is 81.9 Å². The van der Waals surface area contributed by atoms with Crippen molar-refractivity contribution < 1.29 is 19.2 Å². The second kappa shape index (κ2) is 14.4. The molecule has 0 aromatic heterocycles. The largest absolute Gasteiger partial charge is 0.343 e. The quantitative estimate of drug-likeness (QED) is 0.407. The number of likely N-dealkylation sites (N-methyl/N-ethyl adjacent to an activating group) is 1. The van der Waals surface area contributed by atoms with Gasteiger partial charge in [-0.2, -0.15) is 0 Å². The maximum atomic E-state index is 14.5. The highest BCUT2D eigenvalue weighted by molar-refractivity contribution is 5.96. The van der Waals surface area contributed by atoms with Crippen molar-refractivity contribution in [1.82, 2.24) is 25.8 Å². The van der Waals surface area contributed by atoms with Crippen LogP contribution in [0.3, 0.4) is 0 Å². The Bertz CT molecular complexity index is 1260. The van der Waals surface area contributed by atoms with E-state index < -0.39 is 23.7 Å². The average Bonchev–Trinajstić information content (AvgIpc) is 3.49. The van der Waals surface area contributed by atoms with Gasteiger partial charge in [0, 0.05) is 26.1 Å². The minimum Gasteiger partial charge on any atom is -0.343 e. The first-order valence-electron chi connectivity index (χ1n) is 16.3. The summed E-state index contributed by atoms with van der Waals surface area (Å²) in [6, 6.07) is 17.8. The number of nitrogens with one attached hydrogen (secondary N) is 3. The number of benzene rings is 2. The Morgan fingerprint density at radius 2 is 1.52 bits per heavy atom. The number of hydrogen-bond donors (Lipinski definition) is 3. The first kappa shape index (κ1) is 31.7. The van der Waals surface area contributed by atoms with Gasteiger partial charge in [0.2, 0.25) is 23.6 Å². The fourth-order valence-electron chi connectivity index (χ4n) is 7.15. The van der Waals surface area contributed by atoms with Crippen LogP contribution in [0.25, 0.3) is 0 Å². The fraction of sp³-hybridized carbons (Fsp3) is 0.543. The normalized spacial score (nSPS) is 23.4. The molecule has 0 spiro atoms. The molecular formula is C35H47N5O4. The van der Waals surface area contributed by atoms with Crippen LogP contribution >= 0.6 is 0 Å². The van der Waals surface area contributed by atoms with E-state index in [0.717, 1.165) is 36.8 Å². The molecule has 236 valence electrons. The number of amides is 4. The topological polar surface area (TPSA) is 111 Å². The van der Waals surface area contributed by atoms with Gasteiger partial charge in [-0.15, -0.1) is 0 Å². The Labute approximate surface area is 261 Å². The molecule has 2 aromatic carbocycles. The molecule has 5 rings (SSSR count). The van der Waals surface area contributed by atoms with E-state index in [1.54, 1.807) is 23.8 Å². The molecule has 0 radical (unpaired) electrons. The van der Waals surface area contributed by atoms with Crippen molar-refractivity contribution in [2.45, 2.75) is 88.4 Å². The molecule has 2 aromatic rings. The second-order valence-corrected chi connectivity index (χ2v) is 12.7. The van der Waals surface area contributed by atoms with Gasteiger partial charge in [-0.3, -0.25) is 19.2 Å². The van der Waals surface area contributed by atoms with E-state index in [2.05, 4.69) is 16.0 Å². The Hall–Kier alpha value is -3.72. The molecule has 3 aliphatic rings. The Kier molecular flexibility index (Phi) is 10.4. The number of nitrogens with zero attached hydrogens (tertiary/aromatic N) is 2. The number of hydrogen-bond acceptors (Lipinski definition) is 5. The van der Waals surface area contributed by atoms with E-state index in [-0.39, 0.29) is 30.2 Å². The molecule has 44 heavy (non-hydrogen) atoms. The molecular weight excluding hydrogens is 554 g/mol. The van der Waals surface area contributed by atoms with Crippen molar-refractivity contribution in [2.24, 2.45) is 5.92 Å². The summed E-state index contributed by atoms with van der Waals surface area (Å²) in [5.41, 5.74) is 0.765. The maximum absolute atomic E-state index is 14.5. The van der Waals surface area contributed by atoms with Crippen LogP contribution < -0.4 is 16.0 Å². The third-order valence-corrected chi connectivity index (χ3v) is 9.90. The predicted octanol–water partition coefficient (Wildman–Crippen LogP) is 3.55. The summed E-state index contributed by atoms with van der Waals surface area (Å²) in [7, 11) is 1.69. The third-order valence-electron chi connectivity index (χ3n) is 9.90. The van der Waals surface area contributed by atoms with E-state index in [0.29, 0.717) is 44.7 Å². The van der Waals surface area contributed by atoms with Gasteiger partial charge >= 0.3 is 0 Å². The van der Waals surface area contributed by atoms with Gasteiger partial charge < -0.3 is 25.8 Å². The summed E-state index contributed by atoms with van der Waals surface area (Å²) >= 11 is 0. The monoisotopic (exact) mass is 601 g/mol. The summed E-state index contributed by atoms with van der Waals surface area (Å²) in [4.78, 5) is 59.0. The van der Waals surface area contributed by atoms with Crippen molar-refractivity contribution >= 4 is 23.6 Å². The van der Waals surface area contributed by atoms with Gasteiger partial charge in [0.1, 0.15) is 11.6 Å². The summed E-state index contributed by atoms with van der Waals surface area (Å²) in [6.07, 6.45) is 7.53. The Morgan fingerprint density at radius 3 is 2.14 bits per heavy atom. The van der Waals surface area contributed by atoms with Crippen LogP contribution in [-0.4, -0.2) is 77.7 Å². The predicted molar refractivity (Wildman–Crippen MR) is 169 cm³/mol. The molecule has 2 aliphatic heterocycles.